The number of ether oxygens (including phenoxy) is 1. The smallest absolute Gasteiger partial charge is 0.122 e. The van der Waals surface area contributed by atoms with Crippen LogP contribution >= 0.6 is 24.2 Å². The molecule has 0 aliphatic carbocycles. The van der Waals surface area contributed by atoms with Crippen molar-refractivity contribution >= 4 is 24.2 Å². The van der Waals surface area contributed by atoms with Crippen LogP contribution in [0.1, 0.15) is 30.9 Å². The van der Waals surface area contributed by atoms with Crippen LogP contribution in [0.3, 0.4) is 0 Å². The lowest BCUT2D eigenvalue weighted by Gasteiger charge is -2.12. The number of rotatable bonds is 6. The van der Waals surface area contributed by atoms with Gasteiger partial charge in [0, 0.05) is 5.02 Å². The molecule has 0 N–H and O–H groups in total. The van der Waals surface area contributed by atoms with Crippen molar-refractivity contribution in [1.82, 2.24) is 0 Å². The molecule has 1 aromatic rings. The molecule has 0 radical (unpaired) electrons. The molecule has 0 heterocycles. The predicted molar refractivity (Wildman–Crippen MR) is 74.1 cm³/mol. The summed E-state index contributed by atoms with van der Waals surface area (Å²) in [6.45, 7) is 4.87. The number of hydrogen-bond acceptors (Lipinski definition) is 2. The van der Waals surface area contributed by atoms with Gasteiger partial charge < -0.3 is 4.74 Å². The highest BCUT2D eigenvalue weighted by Crippen LogP contribution is 2.28. The van der Waals surface area contributed by atoms with Crippen molar-refractivity contribution in [3.05, 3.63) is 28.3 Å². The summed E-state index contributed by atoms with van der Waals surface area (Å²) in [6.07, 6.45) is 3.04. The standard InChI is InChI=1S/C13H19ClOS/c1-3-6-15-13-8-10(2)12(14)9-11(13)5-4-7-16/h8-9,16H,3-7H2,1-2H3. The summed E-state index contributed by atoms with van der Waals surface area (Å²) < 4.78 is 5.74. The Balaban J connectivity index is 2.87. The molecule has 90 valence electrons. The monoisotopic (exact) mass is 258 g/mol. The lowest BCUT2D eigenvalue weighted by molar-refractivity contribution is 0.314. The third-order valence-electron chi connectivity index (χ3n) is 2.41. The Labute approximate surface area is 109 Å². The molecule has 0 aliphatic rings. The first-order valence-corrected chi connectivity index (χ1v) is 6.72. The van der Waals surface area contributed by atoms with Gasteiger partial charge in [-0.05, 0) is 55.2 Å². The summed E-state index contributed by atoms with van der Waals surface area (Å²) in [5, 5.41) is 0.818. The molecule has 1 aromatic carbocycles. The van der Waals surface area contributed by atoms with Gasteiger partial charge in [-0.15, -0.1) is 0 Å². The van der Waals surface area contributed by atoms with E-state index in [1.54, 1.807) is 0 Å². The molecule has 1 nitrogen and oxygen atoms in total. The van der Waals surface area contributed by atoms with E-state index in [0.717, 1.165) is 48.0 Å². The van der Waals surface area contributed by atoms with Crippen LogP contribution in [-0.2, 0) is 6.42 Å². The van der Waals surface area contributed by atoms with Gasteiger partial charge in [0.1, 0.15) is 5.75 Å². The normalized spacial score (nSPS) is 10.5. The van der Waals surface area contributed by atoms with Gasteiger partial charge >= 0.3 is 0 Å². The number of halogens is 1. The maximum atomic E-state index is 6.12. The molecule has 0 spiro atoms. The second kappa shape index (κ2) is 7.08. The van der Waals surface area contributed by atoms with E-state index >= 15 is 0 Å². The highest BCUT2D eigenvalue weighted by molar-refractivity contribution is 7.80. The van der Waals surface area contributed by atoms with E-state index in [0.29, 0.717) is 0 Å². The fourth-order valence-electron chi connectivity index (χ4n) is 1.51. The van der Waals surface area contributed by atoms with E-state index in [2.05, 4.69) is 19.6 Å². The highest BCUT2D eigenvalue weighted by atomic mass is 35.5. The van der Waals surface area contributed by atoms with Gasteiger partial charge in [0.05, 0.1) is 6.61 Å². The SMILES string of the molecule is CCCOc1cc(C)c(Cl)cc1CCCS. The van der Waals surface area contributed by atoms with E-state index in [4.69, 9.17) is 16.3 Å². The van der Waals surface area contributed by atoms with E-state index < -0.39 is 0 Å². The summed E-state index contributed by atoms with van der Waals surface area (Å²) in [6, 6.07) is 4.05. The van der Waals surface area contributed by atoms with E-state index in [1.807, 2.05) is 19.1 Å². The average molecular weight is 259 g/mol. The van der Waals surface area contributed by atoms with Crippen LogP contribution < -0.4 is 4.74 Å². The lowest BCUT2D eigenvalue weighted by atomic mass is 10.1. The van der Waals surface area contributed by atoms with Gasteiger partial charge in [-0.25, -0.2) is 0 Å². The molecule has 0 saturated carbocycles. The highest BCUT2D eigenvalue weighted by Gasteiger charge is 2.07. The van der Waals surface area contributed by atoms with E-state index in [1.165, 1.54) is 5.56 Å². The van der Waals surface area contributed by atoms with Crippen molar-refractivity contribution in [1.29, 1.82) is 0 Å². The summed E-state index contributed by atoms with van der Waals surface area (Å²) in [5.41, 5.74) is 2.26. The molecule has 3 heteroatoms. The van der Waals surface area contributed by atoms with Gasteiger partial charge in [-0.3, -0.25) is 0 Å². The minimum atomic E-state index is 0.759. The number of benzene rings is 1. The first-order chi connectivity index (χ1) is 7.69. The topological polar surface area (TPSA) is 9.23 Å². The zero-order valence-electron chi connectivity index (χ0n) is 9.92. The van der Waals surface area contributed by atoms with Gasteiger partial charge in [0.25, 0.3) is 0 Å². The Morgan fingerprint density at radius 1 is 1.38 bits per heavy atom. The molecule has 0 amide bonds. The summed E-state index contributed by atoms with van der Waals surface area (Å²) in [5.74, 6) is 1.86. The van der Waals surface area contributed by atoms with Gasteiger partial charge in [-0.1, -0.05) is 18.5 Å². The predicted octanol–water partition coefficient (Wildman–Crippen LogP) is 4.30. The fourth-order valence-corrected chi connectivity index (χ4v) is 1.85. The van der Waals surface area contributed by atoms with Crippen molar-refractivity contribution in [2.75, 3.05) is 12.4 Å². The Hall–Kier alpha value is -0.340. The first kappa shape index (κ1) is 13.7. The number of hydrogen-bond donors (Lipinski definition) is 1. The third-order valence-corrected chi connectivity index (χ3v) is 3.13. The fraction of sp³-hybridized carbons (Fsp3) is 0.538. The molecule has 0 atom stereocenters. The maximum absolute atomic E-state index is 6.12. The van der Waals surface area contributed by atoms with Crippen molar-refractivity contribution in [2.24, 2.45) is 0 Å². The average Bonchev–Trinajstić information content (AvgIpc) is 2.28. The largest absolute Gasteiger partial charge is 0.493 e. The van der Waals surface area contributed by atoms with Crippen LogP contribution in [0.4, 0.5) is 0 Å². The van der Waals surface area contributed by atoms with Crippen molar-refractivity contribution in [3.63, 3.8) is 0 Å². The molecular weight excluding hydrogens is 240 g/mol. The Kier molecular flexibility index (Phi) is 6.07. The minimum absolute atomic E-state index is 0.759. The van der Waals surface area contributed by atoms with Gasteiger partial charge in [0.2, 0.25) is 0 Å². The molecular formula is C13H19ClOS. The summed E-state index contributed by atoms with van der Waals surface area (Å²) in [7, 11) is 0. The van der Waals surface area contributed by atoms with Gasteiger partial charge in [-0.2, -0.15) is 12.6 Å². The second-order valence-corrected chi connectivity index (χ2v) is 4.74. The second-order valence-electron chi connectivity index (χ2n) is 3.88. The summed E-state index contributed by atoms with van der Waals surface area (Å²) >= 11 is 10.4. The zero-order valence-corrected chi connectivity index (χ0v) is 11.6. The van der Waals surface area contributed by atoms with Gasteiger partial charge in [0.15, 0.2) is 0 Å². The minimum Gasteiger partial charge on any atom is -0.493 e. The number of thiol groups is 1. The van der Waals surface area contributed by atoms with Crippen molar-refractivity contribution in [2.45, 2.75) is 33.1 Å². The van der Waals surface area contributed by atoms with Crippen LogP contribution in [-0.4, -0.2) is 12.4 Å². The molecule has 0 saturated heterocycles. The maximum Gasteiger partial charge on any atom is 0.122 e. The van der Waals surface area contributed by atoms with E-state index in [-0.39, 0.29) is 0 Å². The van der Waals surface area contributed by atoms with Crippen LogP contribution in [0.25, 0.3) is 0 Å². The van der Waals surface area contributed by atoms with Crippen molar-refractivity contribution in [3.8, 4) is 5.75 Å². The number of aryl methyl sites for hydroxylation is 2. The molecule has 0 unspecified atom stereocenters. The quantitative estimate of drug-likeness (QED) is 0.749. The molecule has 0 aliphatic heterocycles. The first-order valence-electron chi connectivity index (χ1n) is 5.71. The molecule has 0 fully saturated rings. The Morgan fingerprint density at radius 3 is 2.75 bits per heavy atom. The zero-order chi connectivity index (χ0) is 12.0. The van der Waals surface area contributed by atoms with Crippen LogP contribution in [0, 0.1) is 6.92 Å². The van der Waals surface area contributed by atoms with E-state index in [9.17, 15) is 0 Å². The van der Waals surface area contributed by atoms with Crippen LogP contribution in [0.15, 0.2) is 12.1 Å². The summed E-state index contributed by atoms with van der Waals surface area (Å²) in [4.78, 5) is 0. The molecule has 0 aromatic heterocycles. The molecule has 16 heavy (non-hydrogen) atoms. The molecule has 1 rings (SSSR count). The van der Waals surface area contributed by atoms with Crippen LogP contribution in [0.5, 0.6) is 5.75 Å². The van der Waals surface area contributed by atoms with Crippen molar-refractivity contribution < 1.29 is 4.74 Å². The van der Waals surface area contributed by atoms with Crippen LogP contribution in [0.2, 0.25) is 5.02 Å². The third kappa shape index (κ3) is 3.91. The molecule has 0 bridgehead atoms. The Morgan fingerprint density at radius 2 is 2.12 bits per heavy atom. The Bertz CT molecular complexity index is 306. The lowest BCUT2D eigenvalue weighted by Crippen LogP contribution is -2.00.